The summed E-state index contributed by atoms with van der Waals surface area (Å²) in [6, 6.07) is 0. The van der Waals surface area contributed by atoms with Crippen molar-refractivity contribution in [2.45, 2.75) is 90.6 Å². The Bertz CT molecular complexity index is 1830. The van der Waals surface area contributed by atoms with Gasteiger partial charge in [0.25, 0.3) is 0 Å². The van der Waals surface area contributed by atoms with E-state index in [2.05, 4.69) is 39.6 Å². The fraction of sp³-hybridized carbons (Fsp3) is 0.704. The van der Waals surface area contributed by atoms with Crippen LogP contribution in [-0.2, 0) is 50.7 Å². The maximum atomic E-state index is 12.7. The summed E-state index contributed by atoms with van der Waals surface area (Å²) in [7, 11) is -16.4. The van der Waals surface area contributed by atoms with E-state index < -0.39 is 90.2 Å². The SMILES string of the molecule is C/C(CCNC(=O)CCNC(=O)C(O)C(C)(C)COP(=O)(O)OP(=O)(O)OCC1OC(n2cnc3c(N)ncnc32)C(O)C1OP(=O)(O)O)=N\OC(C)(C)C. The van der Waals surface area contributed by atoms with E-state index in [1.165, 1.54) is 13.8 Å². The number of nitrogens with zero attached hydrogens (tertiary/aromatic N) is 5. The molecule has 1 aliphatic heterocycles. The molecule has 2 aromatic rings. The number of fused-ring (bicyclic) bond motifs is 1. The molecule has 2 amide bonds. The van der Waals surface area contributed by atoms with E-state index >= 15 is 0 Å². The summed E-state index contributed by atoms with van der Waals surface area (Å²) in [6.07, 6.45) is -6.43. The molecule has 55 heavy (non-hydrogen) atoms. The van der Waals surface area contributed by atoms with Crippen LogP contribution in [0.3, 0.4) is 0 Å². The molecule has 0 saturated carbocycles. The largest absolute Gasteiger partial charge is 0.481 e. The highest BCUT2D eigenvalue weighted by atomic mass is 31.3. The smallest absolute Gasteiger partial charge is 0.390 e. The highest BCUT2D eigenvalue weighted by Gasteiger charge is 2.50. The predicted octanol–water partition coefficient (Wildman–Crippen LogP) is -0.0140. The Balaban J connectivity index is 1.51. The number of amides is 2. The number of aliphatic hydroxyl groups is 2. The zero-order chi connectivity index (χ0) is 41.6. The minimum absolute atomic E-state index is 0.0338. The van der Waals surface area contributed by atoms with Gasteiger partial charge in [0.15, 0.2) is 17.7 Å². The van der Waals surface area contributed by atoms with Gasteiger partial charge in [-0.15, -0.1) is 0 Å². The van der Waals surface area contributed by atoms with Gasteiger partial charge in [-0.1, -0.05) is 19.0 Å². The number of carbonyl (C=O) groups excluding carboxylic acids is 2. The number of nitrogens with one attached hydrogen (secondary N) is 2. The van der Waals surface area contributed by atoms with Crippen LogP contribution in [0.15, 0.2) is 17.8 Å². The van der Waals surface area contributed by atoms with Crippen LogP contribution in [0, 0.1) is 5.41 Å². The second kappa shape index (κ2) is 18.5. The Labute approximate surface area is 314 Å². The number of nitrogen functional groups attached to an aromatic ring is 1. The van der Waals surface area contributed by atoms with Crippen LogP contribution in [0.2, 0.25) is 0 Å². The molecule has 25 nitrogen and oxygen atoms in total. The number of carbonyl (C=O) groups is 2. The molecule has 0 radical (unpaired) electrons. The quantitative estimate of drug-likeness (QED) is 0.0480. The van der Waals surface area contributed by atoms with E-state index in [1.54, 1.807) is 6.92 Å². The number of ether oxygens (including phenoxy) is 1. The molecule has 3 rings (SSSR count). The van der Waals surface area contributed by atoms with Gasteiger partial charge in [-0.05, 0) is 27.7 Å². The van der Waals surface area contributed by atoms with Crippen molar-refractivity contribution in [3.05, 3.63) is 12.7 Å². The summed E-state index contributed by atoms with van der Waals surface area (Å²) in [5.74, 6) is -1.40. The zero-order valence-corrected chi connectivity index (χ0v) is 33.3. The molecular weight excluding hydrogens is 801 g/mol. The monoisotopic (exact) mass is 848 g/mol. The van der Waals surface area contributed by atoms with Gasteiger partial charge in [0, 0.05) is 31.3 Å². The first-order valence-corrected chi connectivity index (χ1v) is 20.8. The summed E-state index contributed by atoms with van der Waals surface area (Å²) >= 11 is 0. The van der Waals surface area contributed by atoms with E-state index in [1.807, 2.05) is 20.8 Å². The second-order valence-corrected chi connectivity index (χ2v) is 18.1. The van der Waals surface area contributed by atoms with Crippen molar-refractivity contribution < 1.29 is 80.5 Å². The van der Waals surface area contributed by atoms with Gasteiger partial charge in [-0.25, -0.2) is 28.6 Å². The molecule has 312 valence electrons. The van der Waals surface area contributed by atoms with Crippen LogP contribution in [-0.4, -0.2) is 123 Å². The molecule has 0 aromatic carbocycles. The van der Waals surface area contributed by atoms with Gasteiger partial charge in [-0.2, -0.15) is 4.31 Å². The number of aromatic nitrogens is 4. The van der Waals surface area contributed by atoms with Crippen molar-refractivity contribution in [2.24, 2.45) is 10.6 Å². The lowest BCUT2D eigenvalue weighted by molar-refractivity contribution is -0.137. The van der Waals surface area contributed by atoms with Crippen molar-refractivity contribution in [3.8, 4) is 0 Å². The van der Waals surface area contributed by atoms with Crippen LogP contribution >= 0.6 is 23.5 Å². The average molecular weight is 849 g/mol. The van der Waals surface area contributed by atoms with Gasteiger partial charge in [0.2, 0.25) is 11.8 Å². The maximum absolute atomic E-state index is 12.7. The number of aliphatic hydroxyl groups excluding tert-OH is 2. The Kier molecular flexibility index (Phi) is 15.6. The predicted molar refractivity (Wildman–Crippen MR) is 188 cm³/mol. The summed E-state index contributed by atoms with van der Waals surface area (Å²) in [4.78, 5) is 80.9. The standard InChI is InChI=1S/C27H47N8O17P3/c1-15(34-51-26(2,3)4)7-9-29-17(36)8-10-30-24(39)21(38)27(5,6)12-48-55(45,46)52-54(43,44)47-11-16-20(50-53(40,41)42)19(37)25(49-16)35-14-33-18-22(28)31-13-32-23(18)35/h13-14,16,19-21,25,37-38H,7-12H2,1-6H3,(H,29,36)(H,30,39)(H,43,44)(H,45,46)(H2,28,31,32)(H2,40,41,42)/b34-15+. The summed E-state index contributed by atoms with van der Waals surface area (Å²) < 4.78 is 62.1. The van der Waals surface area contributed by atoms with Gasteiger partial charge in [-0.3, -0.25) is 27.7 Å². The van der Waals surface area contributed by atoms with Crippen LogP contribution in [0.4, 0.5) is 5.82 Å². The van der Waals surface area contributed by atoms with Crippen LogP contribution < -0.4 is 16.4 Å². The van der Waals surface area contributed by atoms with E-state index in [0.29, 0.717) is 12.1 Å². The second-order valence-electron chi connectivity index (χ2n) is 13.8. The number of hydrogen-bond acceptors (Lipinski definition) is 18. The highest BCUT2D eigenvalue weighted by Crippen LogP contribution is 2.61. The number of rotatable bonds is 20. The lowest BCUT2D eigenvalue weighted by atomic mass is 9.87. The Hall–Kier alpha value is -2.99. The normalized spacial score (nSPS) is 22.5. The van der Waals surface area contributed by atoms with Gasteiger partial charge >= 0.3 is 23.5 Å². The number of anilines is 1. The first-order chi connectivity index (χ1) is 25.2. The van der Waals surface area contributed by atoms with Gasteiger partial charge in [0.05, 0.1) is 25.3 Å². The van der Waals surface area contributed by atoms with Crippen molar-refractivity contribution in [1.82, 2.24) is 30.2 Å². The molecule has 0 bridgehead atoms. The Morgan fingerprint density at radius 3 is 2.29 bits per heavy atom. The third-order valence-corrected chi connectivity index (χ3v) is 10.5. The fourth-order valence-corrected chi connectivity index (χ4v) is 7.41. The van der Waals surface area contributed by atoms with E-state index in [4.69, 9.17) is 24.4 Å². The molecule has 10 N–H and O–H groups in total. The molecule has 1 saturated heterocycles. The minimum atomic E-state index is -5.56. The summed E-state index contributed by atoms with van der Waals surface area (Å²) in [6.45, 7) is 7.86. The molecule has 7 unspecified atom stereocenters. The number of nitrogens with two attached hydrogens (primary N) is 1. The third kappa shape index (κ3) is 14.5. The molecule has 1 fully saturated rings. The van der Waals surface area contributed by atoms with Gasteiger partial charge in [0.1, 0.15) is 41.9 Å². The molecule has 1 aliphatic rings. The van der Waals surface area contributed by atoms with Gasteiger partial charge < -0.3 is 55.7 Å². The summed E-state index contributed by atoms with van der Waals surface area (Å²) in [5, 5.41) is 30.4. The van der Waals surface area contributed by atoms with Crippen LogP contribution in [0.1, 0.15) is 60.6 Å². The number of hydrogen-bond donors (Lipinski definition) is 9. The molecular formula is C27H47N8O17P3. The topological polar surface area (TPSA) is 368 Å². The van der Waals surface area contributed by atoms with Crippen molar-refractivity contribution in [1.29, 1.82) is 0 Å². The molecule has 7 atom stereocenters. The Morgan fingerprint density at radius 1 is 1.02 bits per heavy atom. The highest BCUT2D eigenvalue weighted by molar-refractivity contribution is 7.61. The fourth-order valence-electron chi connectivity index (χ4n) is 4.58. The van der Waals surface area contributed by atoms with E-state index in [-0.39, 0.29) is 36.5 Å². The van der Waals surface area contributed by atoms with E-state index in [0.717, 1.165) is 17.2 Å². The number of oxime groups is 1. The molecule has 3 heterocycles. The first-order valence-electron chi connectivity index (χ1n) is 16.3. The molecule has 2 aromatic heterocycles. The van der Waals surface area contributed by atoms with Crippen molar-refractivity contribution in [3.63, 3.8) is 0 Å². The molecule has 0 aliphatic carbocycles. The number of phosphoric acid groups is 3. The average Bonchev–Trinajstić information content (AvgIpc) is 3.61. The number of phosphoric ester groups is 3. The van der Waals surface area contributed by atoms with E-state index in [9.17, 15) is 53.1 Å². The zero-order valence-electron chi connectivity index (χ0n) is 30.6. The summed E-state index contributed by atoms with van der Waals surface area (Å²) in [5.41, 5.74) is 4.48. The van der Waals surface area contributed by atoms with Crippen molar-refractivity contribution >= 4 is 58.0 Å². The van der Waals surface area contributed by atoms with Crippen LogP contribution in [0.5, 0.6) is 0 Å². The van der Waals surface area contributed by atoms with Crippen molar-refractivity contribution in [2.75, 3.05) is 32.0 Å². The lowest BCUT2D eigenvalue weighted by Gasteiger charge is -2.30. The maximum Gasteiger partial charge on any atom is 0.481 e. The first kappa shape index (κ1) is 46.4. The Morgan fingerprint density at radius 2 is 1.65 bits per heavy atom. The lowest BCUT2D eigenvalue weighted by Crippen LogP contribution is -2.46. The molecule has 0 spiro atoms. The minimum Gasteiger partial charge on any atom is -0.390 e. The molecule has 28 heteroatoms. The van der Waals surface area contributed by atoms with Crippen LogP contribution in [0.25, 0.3) is 11.2 Å². The third-order valence-electron chi connectivity index (χ3n) is 7.36. The number of imidazole rings is 1.